The number of nitrogens with two attached hydrogens (primary N) is 1. The first kappa shape index (κ1) is 11.4. The molecule has 0 atom stereocenters. The van der Waals surface area contributed by atoms with E-state index in [2.05, 4.69) is 5.32 Å². The normalized spacial score (nSPS) is 9.83. The molecule has 0 fully saturated rings. The molecule has 12 heavy (non-hydrogen) atoms. The van der Waals surface area contributed by atoms with E-state index in [1.807, 2.05) is 0 Å². The van der Waals surface area contributed by atoms with Gasteiger partial charge in [0.05, 0.1) is 6.54 Å². The monoisotopic (exact) mass is 174 g/mol. The van der Waals surface area contributed by atoms with Gasteiger partial charge in [0.1, 0.15) is 0 Å². The average Bonchev–Trinajstić information content (AvgIpc) is 2.10. The van der Waals surface area contributed by atoms with Gasteiger partial charge in [0.2, 0.25) is 5.91 Å². The Morgan fingerprint density at radius 3 is 2.50 bits per heavy atom. The fourth-order valence-electron chi connectivity index (χ4n) is 0.890. The number of rotatable bonds is 7. The summed E-state index contributed by atoms with van der Waals surface area (Å²) in [5, 5.41) is 11.1. The van der Waals surface area contributed by atoms with Crippen LogP contribution in [-0.2, 0) is 4.79 Å². The Balaban J connectivity index is 2.95. The summed E-state index contributed by atoms with van der Waals surface area (Å²) in [4.78, 5) is 10.6. The van der Waals surface area contributed by atoms with Crippen LogP contribution in [0.25, 0.3) is 0 Å². The topological polar surface area (TPSA) is 75.4 Å². The van der Waals surface area contributed by atoms with Gasteiger partial charge in [-0.3, -0.25) is 4.79 Å². The van der Waals surface area contributed by atoms with Gasteiger partial charge in [-0.1, -0.05) is 12.8 Å². The van der Waals surface area contributed by atoms with Crippen molar-refractivity contribution in [3.8, 4) is 0 Å². The molecule has 4 heteroatoms. The minimum absolute atomic E-state index is 0.0661. The highest BCUT2D eigenvalue weighted by atomic mass is 16.2. The summed E-state index contributed by atoms with van der Waals surface area (Å²) in [6, 6.07) is 0. The molecule has 0 unspecified atom stereocenters. The van der Waals surface area contributed by atoms with Crippen LogP contribution in [0.4, 0.5) is 0 Å². The third-order valence-corrected chi connectivity index (χ3v) is 1.59. The molecular formula is C8H18N2O2. The Labute approximate surface area is 73.1 Å². The first-order valence-corrected chi connectivity index (χ1v) is 4.39. The molecular weight excluding hydrogens is 156 g/mol. The van der Waals surface area contributed by atoms with E-state index in [1.54, 1.807) is 0 Å². The quantitative estimate of drug-likeness (QED) is 0.460. The molecule has 0 bridgehead atoms. The van der Waals surface area contributed by atoms with Gasteiger partial charge in [0.25, 0.3) is 0 Å². The lowest BCUT2D eigenvalue weighted by Crippen LogP contribution is -2.30. The van der Waals surface area contributed by atoms with Crippen molar-refractivity contribution in [1.82, 2.24) is 5.32 Å². The highest BCUT2D eigenvalue weighted by Crippen LogP contribution is 1.97. The van der Waals surface area contributed by atoms with Gasteiger partial charge in [-0.15, -0.1) is 0 Å². The molecule has 72 valence electrons. The summed E-state index contributed by atoms with van der Waals surface area (Å²) in [7, 11) is 0. The molecule has 0 saturated heterocycles. The largest absolute Gasteiger partial charge is 0.396 e. The standard InChI is InChI=1S/C8H18N2O2/c9-7-8(12)10-5-3-1-2-4-6-11/h11H,1-7,9H2,(H,10,12). The molecule has 0 spiro atoms. The summed E-state index contributed by atoms with van der Waals surface area (Å²) < 4.78 is 0. The summed E-state index contributed by atoms with van der Waals surface area (Å²) in [6.07, 6.45) is 3.89. The SMILES string of the molecule is NCC(=O)NCCCCCCO. The molecule has 4 N–H and O–H groups in total. The minimum atomic E-state index is -0.0999. The number of hydrogen-bond acceptors (Lipinski definition) is 3. The van der Waals surface area contributed by atoms with E-state index in [0.717, 1.165) is 25.7 Å². The minimum Gasteiger partial charge on any atom is -0.396 e. The third-order valence-electron chi connectivity index (χ3n) is 1.59. The maximum atomic E-state index is 10.6. The molecule has 1 amide bonds. The van der Waals surface area contributed by atoms with Gasteiger partial charge in [0, 0.05) is 13.2 Å². The fraction of sp³-hybridized carbons (Fsp3) is 0.875. The molecule has 4 nitrogen and oxygen atoms in total. The second kappa shape index (κ2) is 8.49. The first-order valence-electron chi connectivity index (χ1n) is 4.39. The van der Waals surface area contributed by atoms with Gasteiger partial charge in [0.15, 0.2) is 0 Å². The van der Waals surface area contributed by atoms with Crippen LogP contribution in [0.5, 0.6) is 0 Å². The van der Waals surface area contributed by atoms with Crippen molar-refractivity contribution in [3.63, 3.8) is 0 Å². The molecule has 0 aromatic heterocycles. The van der Waals surface area contributed by atoms with Crippen LogP contribution in [0.2, 0.25) is 0 Å². The predicted molar refractivity (Wildman–Crippen MR) is 47.6 cm³/mol. The molecule has 0 aromatic rings. The Morgan fingerprint density at radius 1 is 1.25 bits per heavy atom. The molecule has 0 aliphatic rings. The number of amides is 1. The third kappa shape index (κ3) is 7.50. The predicted octanol–water partition coefficient (Wildman–Crippen LogP) is -0.386. The summed E-state index contributed by atoms with van der Waals surface area (Å²) in [5.41, 5.74) is 5.09. The number of carbonyl (C=O) groups excluding carboxylic acids is 1. The van der Waals surface area contributed by atoms with E-state index < -0.39 is 0 Å². The van der Waals surface area contributed by atoms with E-state index in [4.69, 9.17) is 10.8 Å². The smallest absolute Gasteiger partial charge is 0.233 e. The van der Waals surface area contributed by atoms with Crippen molar-refractivity contribution >= 4 is 5.91 Å². The molecule has 0 aliphatic heterocycles. The second-order valence-corrected chi connectivity index (χ2v) is 2.69. The first-order chi connectivity index (χ1) is 5.81. The second-order valence-electron chi connectivity index (χ2n) is 2.69. The van der Waals surface area contributed by atoms with Crippen molar-refractivity contribution in [1.29, 1.82) is 0 Å². The van der Waals surface area contributed by atoms with Crippen LogP contribution in [0.1, 0.15) is 25.7 Å². The maximum absolute atomic E-state index is 10.6. The highest BCUT2D eigenvalue weighted by Gasteiger charge is 1.94. The maximum Gasteiger partial charge on any atom is 0.233 e. The van der Waals surface area contributed by atoms with E-state index in [1.165, 1.54) is 0 Å². The zero-order valence-electron chi connectivity index (χ0n) is 7.38. The molecule has 0 rings (SSSR count). The number of aliphatic hydroxyl groups excluding tert-OH is 1. The summed E-state index contributed by atoms with van der Waals surface area (Å²) in [6.45, 7) is 1.02. The van der Waals surface area contributed by atoms with Gasteiger partial charge in [-0.05, 0) is 12.8 Å². The number of carbonyl (C=O) groups is 1. The highest BCUT2D eigenvalue weighted by molar-refractivity contribution is 5.77. The average molecular weight is 174 g/mol. The van der Waals surface area contributed by atoms with Crippen LogP contribution in [0.3, 0.4) is 0 Å². The Kier molecular flexibility index (Phi) is 8.05. The van der Waals surface area contributed by atoms with E-state index in [0.29, 0.717) is 6.54 Å². The summed E-state index contributed by atoms with van der Waals surface area (Å²) >= 11 is 0. The van der Waals surface area contributed by atoms with Crippen LogP contribution in [-0.4, -0.2) is 30.7 Å². The Hall–Kier alpha value is -0.610. The van der Waals surface area contributed by atoms with Gasteiger partial charge >= 0.3 is 0 Å². The molecule has 0 radical (unpaired) electrons. The molecule has 0 aliphatic carbocycles. The lowest BCUT2D eigenvalue weighted by atomic mass is 10.2. The molecule has 0 aromatic carbocycles. The van der Waals surface area contributed by atoms with E-state index in [-0.39, 0.29) is 19.1 Å². The van der Waals surface area contributed by atoms with Gasteiger partial charge in [-0.25, -0.2) is 0 Å². The number of nitrogens with one attached hydrogen (secondary N) is 1. The van der Waals surface area contributed by atoms with Crippen molar-refractivity contribution in [2.24, 2.45) is 5.73 Å². The lowest BCUT2D eigenvalue weighted by Gasteiger charge is -2.02. The van der Waals surface area contributed by atoms with Crippen molar-refractivity contribution in [3.05, 3.63) is 0 Å². The zero-order chi connectivity index (χ0) is 9.23. The van der Waals surface area contributed by atoms with Crippen LogP contribution in [0.15, 0.2) is 0 Å². The lowest BCUT2D eigenvalue weighted by molar-refractivity contribution is -0.119. The molecule has 0 saturated carbocycles. The molecule has 0 heterocycles. The van der Waals surface area contributed by atoms with Crippen LogP contribution in [0, 0.1) is 0 Å². The summed E-state index contributed by atoms with van der Waals surface area (Å²) in [5.74, 6) is -0.0999. The van der Waals surface area contributed by atoms with Crippen molar-refractivity contribution < 1.29 is 9.90 Å². The van der Waals surface area contributed by atoms with Crippen LogP contribution < -0.4 is 11.1 Å². The van der Waals surface area contributed by atoms with Gasteiger partial charge in [-0.2, -0.15) is 0 Å². The fourth-order valence-corrected chi connectivity index (χ4v) is 0.890. The Bertz CT molecular complexity index is 118. The van der Waals surface area contributed by atoms with Gasteiger partial charge < -0.3 is 16.2 Å². The zero-order valence-corrected chi connectivity index (χ0v) is 7.38. The van der Waals surface area contributed by atoms with Crippen molar-refractivity contribution in [2.75, 3.05) is 19.7 Å². The number of aliphatic hydroxyl groups is 1. The Morgan fingerprint density at radius 2 is 1.92 bits per heavy atom. The van der Waals surface area contributed by atoms with Crippen LogP contribution >= 0.6 is 0 Å². The number of unbranched alkanes of at least 4 members (excludes halogenated alkanes) is 3. The van der Waals surface area contributed by atoms with Crippen molar-refractivity contribution in [2.45, 2.75) is 25.7 Å². The van der Waals surface area contributed by atoms with E-state index in [9.17, 15) is 4.79 Å². The van der Waals surface area contributed by atoms with E-state index >= 15 is 0 Å². The number of hydrogen-bond donors (Lipinski definition) is 3.